The highest BCUT2D eigenvalue weighted by Crippen LogP contribution is 2.35. The average Bonchev–Trinajstić information content (AvgIpc) is 2.59. The lowest BCUT2D eigenvalue weighted by Crippen LogP contribution is -2.44. The van der Waals surface area contributed by atoms with E-state index in [-0.39, 0.29) is 0 Å². The van der Waals surface area contributed by atoms with Gasteiger partial charge in [-0.25, -0.2) is 4.79 Å². The van der Waals surface area contributed by atoms with Crippen molar-refractivity contribution >= 4 is 12.1 Å². The monoisotopic (exact) mass is 385 g/mol. The van der Waals surface area contributed by atoms with Crippen LogP contribution < -0.4 is 10.1 Å². The lowest BCUT2D eigenvalue weighted by atomic mass is 9.80. The Bertz CT molecular complexity index is 807. The van der Waals surface area contributed by atoms with E-state index in [9.17, 15) is 14.7 Å². The van der Waals surface area contributed by atoms with E-state index < -0.39 is 29.1 Å². The molecule has 6 heteroatoms. The van der Waals surface area contributed by atoms with Crippen molar-refractivity contribution in [1.29, 1.82) is 0 Å². The molecule has 0 aliphatic heterocycles. The number of hydrogen-bond donors (Lipinski definition) is 2. The molecule has 150 valence electrons. The molecule has 2 rings (SSSR count). The van der Waals surface area contributed by atoms with E-state index in [0.29, 0.717) is 17.1 Å². The van der Waals surface area contributed by atoms with Crippen LogP contribution in [-0.4, -0.2) is 22.8 Å². The summed E-state index contributed by atoms with van der Waals surface area (Å²) >= 11 is 0. The van der Waals surface area contributed by atoms with Gasteiger partial charge in [0, 0.05) is 0 Å². The first-order valence-corrected chi connectivity index (χ1v) is 9.05. The zero-order chi connectivity index (χ0) is 20.9. The number of ether oxygens (including phenoxy) is 2. The van der Waals surface area contributed by atoms with Crippen molar-refractivity contribution in [3.05, 3.63) is 60.2 Å². The molecular weight excluding hydrogens is 358 g/mol. The van der Waals surface area contributed by atoms with Gasteiger partial charge < -0.3 is 19.9 Å². The molecule has 0 aliphatic carbocycles. The van der Waals surface area contributed by atoms with Gasteiger partial charge in [-0.2, -0.15) is 0 Å². The number of rotatable bonds is 6. The molecule has 0 bridgehead atoms. The maximum atomic E-state index is 12.3. The SMILES string of the molecule is CC(C)(C)OC(=O)N[C@@H](c1ccc(Oc2ccccc2)cc1)C(C)(C)C(=O)O. The van der Waals surface area contributed by atoms with Gasteiger partial charge in [0.1, 0.15) is 17.1 Å². The molecule has 0 aromatic heterocycles. The average molecular weight is 385 g/mol. The number of carbonyl (C=O) groups excluding carboxylic acids is 1. The number of para-hydroxylation sites is 1. The first kappa shape index (κ1) is 21.3. The second kappa shape index (κ2) is 8.33. The van der Waals surface area contributed by atoms with Crippen LogP contribution in [0.2, 0.25) is 0 Å². The number of alkyl carbamates (subject to hydrolysis) is 1. The van der Waals surface area contributed by atoms with Crippen molar-refractivity contribution in [3.8, 4) is 11.5 Å². The molecule has 0 saturated carbocycles. The summed E-state index contributed by atoms with van der Waals surface area (Å²) in [7, 11) is 0. The number of carboxylic acid groups (broad SMARTS) is 1. The number of amides is 1. The number of nitrogens with one attached hydrogen (secondary N) is 1. The predicted octanol–water partition coefficient (Wildman–Crippen LogP) is 5.16. The van der Waals surface area contributed by atoms with Gasteiger partial charge in [-0.15, -0.1) is 0 Å². The third-order valence-electron chi connectivity index (χ3n) is 4.13. The highest BCUT2D eigenvalue weighted by atomic mass is 16.6. The second-order valence-electron chi connectivity index (χ2n) is 8.09. The molecule has 6 nitrogen and oxygen atoms in total. The molecule has 0 saturated heterocycles. The van der Waals surface area contributed by atoms with E-state index in [0.717, 1.165) is 0 Å². The fourth-order valence-electron chi connectivity index (χ4n) is 2.58. The Balaban J connectivity index is 2.25. The third-order valence-corrected chi connectivity index (χ3v) is 4.13. The van der Waals surface area contributed by atoms with Crippen molar-refractivity contribution in [3.63, 3.8) is 0 Å². The van der Waals surface area contributed by atoms with Crippen LogP contribution in [0.15, 0.2) is 54.6 Å². The Morgan fingerprint density at radius 1 is 0.893 bits per heavy atom. The lowest BCUT2D eigenvalue weighted by Gasteiger charge is -2.32. The standard InChI is InChI=1S/C22H27NO5/c1-21(2,3)28-20(26)23-18(22(4,5)19(24)25)15-11-13-17(14-12-15)27-16-9-7-6-8-10-16/h6-14,18H,1-5H3,(H,23,26)(H,24,25)/t18-/m0/s1. The summed E-state index contributed by atoms with van der Waals surface area (Å²) in [6, 6.07) is 15.5. The number of carbonyl (C=O) groups is 2. The maximum absolute atomic E-state index is 12.3. The molecule has 28 heavy (non-hydrogen) atoms. The molecule has 0 spiro atoms. The quantitative estimate of drug-likeness (QED) is 0.718. The van der Waals surface area contributed by atoms with E-state index in [2.05, 4.69) is 5.32 Å². The molecule has 2 aromatic carbocycles. The topological polar surface area (TPSA) is 84.9 Å². The maximum Gasteiger partial charge on any atom is 0.408 e. The van der Waals surface area contributed by atoms with Crippen LogP contribution in [0.25, 0.3) is 0 Å². The Hall–Kier alpha value is -3.02. The first-order valence-electron chi connectivity index (χ1n) is 9.05. The minimum absolute atomic E-state index is 0.610. The fourth-order valence-corrected chi connectivity index (χ4v) is 2.58. The Kier molecular flexibility index (Phi) is 6.33. The van der Waals surface area contributed by atoms with Crippen LogP contribution in [0.1, 0.15) is 46.2 Å². The molecule has 0 aliphatic rings. The number of carboxylic acids is 1. The third kappa shape index (κ3) is 5.74. The van der Waals surface area contributed by atoms with Gasteiger partial charge >= 0.3 is 12.1 Å². The molecule has 2 N–H and O–H groups in total. The molecule has 2 aromatic rings. The van der Waals surface area contributed by atoms with Crippen LogP contribution in [0.5, 0.6) is 11.5 Å². The van der Waals surface area contributed by atoms with Crippen molar-refractivity contribution < 1.29 is 24.2 Å². The first-order chi connectivity index (χ1) is 13.0. The molecule has 0 fully saturated rings. The molecule has 0 unspecified atom stereocenters. The zero-order valence-corrected chi connectivity index (χ0v) is 16.9. The Morgan fingerprint density at radius 3 is 1.93 bits per heavy atom. The van der Waals surface area contributed by atoms with Crippen LogP contribution in [0, 0.1) is 5.41 Å². The van der Waals surface area contributed by atoms with Crippen molar-refractivity contribution in [2.75, 3.05) is 0 Å². The predicted molar refractivity (Wildman–Crippen MR) is 106 cm³/mol. The fraction of sp³-hybridized carbons (Fsp3) is 0.364. The molecule has 0 radical (unpaired) electrons. The van der Waals surface area contributed by atoms with E-state index >= 15 is 0 Å². The number of benzene rings is 2. The van der Waals surface area contributed by atoms with Gasteiger partial charge in [-0.3, -0.25) is 4.79 Å². The van der Waals surface area contributed by atoms with Gasteiger partial charge in [-0.1, -0.05) is 30.3 Å². The molecular formula is C22H27NO5. The summed E-state index contributed by atoms with van der Waals surface area (Å²) in [5, 5.41) is 12.3. The largest absolute Gasteiger partial charge is 0.481 e. The van der Waals surface area contributed by atoms with Gasteiger partial charge in [0.25, 0.3) is 0 Å². The van der Waals surface area contributed by atoms with Crippen molar-refractivity contribution in [2.45, 2.75) is 46.3 Å². The smallest absolute Gasteiger partial charge is 0.408 e. The van der Waals surface area contributed by atoms with E-state index in [4.69, 9.17) is 9.47 Å². The number of hydrogen-bond acceptors (Lipinski definition) is 4. The summed E-state index contributed by atoms with van der Waals surface area (Å²) in [6.45, 7) is 8.37. The lowest BCUT2D eigenvalue weighted by molar-refractivity contribution is -0.148. The van der Waals surface area contributed by atoms with E-state index in [1.54, 1.807) is 58.9 Å². The summed E-state index contributed by atoms with van der Waals surface area (Å²) < 4.78 is 11.1. The van der Waals surface area contributed by atoms with Crippen LogP contribution in [-0.2, 0) is 9.53 Å². The van der Waals surface area contributed by atoms with Crippen LogP contribution in [0.4, 0.5) is 4.79 Å². The minimum atomic E-state index is -1.25. The normalized spacial score (nSPS) is 12.8. The molecule has 1 atom stereocenters. The summed E-state index contributed by atoms with van der Waals surface area (Å²) in [6.07, 6.45) is -0.670. The van der Waals surface area contributed by atoms with E-state index in [1.807, 2.05) is 30.3 Å². The van der Waals surface area contributed by atoms with Crippen molar-refractivity contribution in [1.82, 2.24) is 5.32 Å². The molecule has 0 heterocycles. The highest BCUT2D eigenvalue weighted by molar-refractivity contribution is 5.77. The van der Waals surface area contributed by atoms with Crippen LogP contribution >= 0.6 is 0 Å². The molecule has 1 amide bonds. The van der Waals surface area contributed by atoms with E-state index in [1.165, 1.54) is 0 Å². The Morgan fingerprint density at radius 2 is 1.43 bits per heavy atom. The van der Waals surface area contributed by atoms with Gasteiger partial charge in [-0.05, 0) is 64.4 Å². The zero-order valence-electron chi connectivity index (χ0n) is 16.9. The summed E-state index contributed by atoms with van der Waals surface area (Å²) in [4.78, 5) is 24.1. The Labute approximate surface area is 165 Å². The second-order valence-corrected chi connectivity index (χ2v) is 8.09. The van der Waals surface area contributed by atoms with Crippen LogP contribution in [0.3, 0.4) is 0 Å². The highest BCUT2D eigenvalue weighted by Gasteiger charge is 2.39. The summed E-state index contributed by atoms with van der Waals surface area (Å²) in [5.74, 6) is 0.279. The van der Waals surface area contributed by atoms with Gasteiger partial charge in [0.05, 0.1) is 11.5 Å². The van der Waals surface area contributed by atoms with Crippen molar-refractivity contribution in [2.24, 2.45) is 5.41 Å². The number of aliphatic carboxylic acids is 1. The van der Waals surface area contributed by atoms with Gasteiger partial charge in [0.15, 0.2) is 0 Å². The minimum Gasteiger partial charge on any atom is -0.481 e. The van der Waals surface area contributed by atoms with Gasteiger partial charge in [0.2, 0.25) is 0 Å². The summed E-state index contributed by atoms with van der Waals surface area (Å²) in [5.41, 5.74) is -1.30.